The van der Waals surface area contributed by atoms with Crippen molar-refractivity contribution in [3.63, 3.8) is 0 Å². The molecule has 0 saturated heterocycles. The second-order valence-electron chi connectivity index (χ2n) is 6.93. The Kier molecular flexibility index (Phi) is 5.48. The third kappa shape index (κ3) is 3.69. The first-order valence-corrected chi connectivity index (χ1v) is 9.28. The van der Waals surface area contributed by atoms with E-state index in [4.69, 9.17) is 4.65 Å². The van der Waals surface area contributed by atoms with Gasteiger partial charge in [-0.2, -0.15) is 4.98 Å². The van der Waals surface area contributed by atoms with Crippen LogP contribution >= 0.6 is 0 Å². The number of benzene rings is 1. The Bertz CT molecular complexity index is 795. The maximum atomic E-state index is 10.0. The van der Waals surface area contributed by atoms with Gasteiger partial charge in [-0.1, -0.05) is 13.8 Å². The molecule has 1 aromatic carbocycles. The van der Waals surface area contributed by atoms with Crippen LogP contribution in [0.1, 0.15) is 56.4 Å². The summed E-state index contributed by atoms with van der Waals surface area (Å²) in [5, 5.41) is 16.8. The van der Waals surface area contributed by atoms with Crippen molar-refractivity contribution in [2.24, 2.45) is 0 Å². The Morgan fingerprint density at radius 3 is 2.65 bits per heavy atom. The molecule has 3 N–H and O–H groups in total. The van der Waals surface area contributed by atoms with E-state index >= 15 is 0 Å². The highest BCUT2D eigenvalue weighted by Crippen LogP contribution is 2.28. The zero-order chi connectivity index (χ0) is 18.8. The molecule has 0 fully saturated rings. The maximum absolute atomic E-state index is 10.0. The van der Waals surface area contributed by atoms with Crippen LogP contribution in [0.25, 0.3) is 0 Å². The molecule has 6 nitrogen and oxygen atoms in total. The van der Waals surface area contributed by atoms with Crippen LogP contribution in [0.15, 0.2) is 18.3 Å². The molecule has 0 bridgehead atoms. The summed E-state index contributed by atoms with van der Waals surface area (Å²) in [6, 6.07) is 4.39. The van der Waals surface area contributed by atoms with Gasteiger partial charge >= 0.3 is 7.12 Å². The van der Waals surface area contributed by atoms with Gasteiger partial charge in [-0.25, -0.2) is 4.98 Å². The molecule has 0 amide bonds. The number of rotatable bonds is 6. The zero-order valence-corrected chi connectivity index (χ0v) is 16.1. The predicted octanol–water partition coefficient (Wildman–Crippen LogP) is 3.22. The lowest BCUT2D eigenvalue weighted by Crippen LogP contribution is -2.30. The van der Waals surface area contributed by atoms with E-state index in [1.165, 1.54) is 0 Å². The fourth-order valence-corrected chi connectivity index (χ4v) is 3.37. The molecule has 1 atom stereocenters. The minimum absolute atomic E-state index is 0.133. The van der Waals surface area contributed by atoms with E-state index in [-0.39, 0.29) is 6.10 Å². The molecule has 1 aromatic heterocycles. The lowest BCUT2D eigenvalue weighted by Gasteiger charge is -2.18. The van der Waals surface area contributed by atoms with Gasteiger partial charge in [0, 0.05) is 23.5 Å². The summed E-state index contributed by atoms with van der Waals surface area (Å²) in [5.41, 5.74) is 4.77. The van der Waals surface area contributed by atoms with Gasteiger partial charge in [-0.05, 0) is 62.3 Å². The highest BCUT2D eigenvalue weighted by molar-refractivity contribution is 6.62. The van der Waals surface area contributed by atoms with Crippen molar-refractivity contribution in [2.75, 3.05) is 10.6 Å². The van der Waals surface area contributed by atoms with E-state index in [9.17, 15) is 5.02 Å². The molecule has 1 aliphatic heterocycles. The van der Waals surface area contributed by atoms with Gasteiger partial charge in [0.15, 0.2) is 0 Å². The number of aromatic nitrogens is 2. The number of nitrogens with zero attached hydrogens (tertiary/aromatic N) is 2. The number of hydrogen-bond acceptors (Lipinski definition) is 6. The van der Waals surface area contributed by atoms with Crippen molar-refractivity contribution in [3.05, 3.63) is 35.0 Å². The van der Waals surface area contributed by atoms with Crippen LogP contribution in [-0.4, -0.2) is 28.2 Å². The number of nitrogens with one attached hydrogen (secondary N) is 2. The lowest BCUT2D eigenvalue weighted by atomic mass is 9.76. The van der Waals surface area contributed by atoms with Crippen molar-refractivity contribution in [3.8, 4) is 0 Å². The van der Waals surface area contributed by atoms with Crippen molar-refractivity contribution >= 4 is 30.0 Å². The van der Waals surface area contributed by atoms with E-state index in [2.05, 4.69) is 34.4 Å². The molecule has 138 valence electrons. The molecule has 0 saturated carbocycles. The van der Waals surface area contributed by atoms with Gasteiger partial charge in [-0.15, -0.1) is 0 Å². The molecular formula is C19H27BN4O2. The highest BCUT2D eigenvalue weighted by Gasteiger charge is 2.34. The molecule has 3 rings (SSSR count). The average molecular weight is 354 g/mol. The number of anilines is 3. The van der Waals surface area contributed by atoms with E-state index in [1.54, 1.807) is 0 Å². The third-order valence-corrected chi connectivity index (χ3v) is 4.99. The smallest absolute Gasteiger partial charge is 0.423 e. The Morgan fingerprint density at radius 1 is 1.23 bits per heavy atom. The van der Waals surface area contributed by atoms with E-state index in [1.807, 2.05) is 39.1 Å². The monoisotopic (exact) mass is 354 g/mol. The molecular weight excluding hydrogens is 327 g/mol. The first-order chi connectivity index (χ1) is 12.4. The number of hydrogen-bond donors (Lipinski definition) is 3. The summed E-state index contributed by atoms with van der Waals surface area (Å²) in [6.45, 7) is 10.3. The SMILES string of the molecule is CCC(CC)Nc1nc(Nc2cc(C)c3c(c2)C(C)OB3O)ncc1C. The molecule has 1 unspecified atom stereocenters. The minimum atomic E-state index is -0.847. The van der Waals surface area contributed by atoms with Crippen molar-refractivity contribution in [1.82, 2.24) is 9.97 Å². The first-order valence-electron chi connectivity index (χ1n) is 9.28. The standard InChI is InChI=1S/C19H27BN4O2/c1-6-14(7-2)22-18-12(4)10-21-19(24-18)23-15-8-11(3)17-16(9-15)13(5)26-20(17)25/h8-10,13-14,25H,6-7H2,1-5H3,(H2,21,22,23,24). The fraction of sp³-hybridized carbons (Fsp3) is 0.474. The highest BCUT2D eigenvalue weighted by atomic mass is 16.5. The van der Waals surface area contributed by atoms with Gasteiger partial charge in [0.05, 0.1) is 6.10 Å². The Hall–Kier alpha value is -2.12. The summed E-state index contributed by atoms with van der Waals surface area (Å²) in [4.78, 5) is 9.05. The van der Waals surface area contributed by atoms with Crippen molar-refractivity contribution in [2.45, 2.75) is 59.6 Å². The number of fused-ring (bicyclic) bond motifs is 1. The first kappa shape index (κ1) is 18.7. The Morgan fingerprint density at radius 2 is 1.96 bits per heavy atom. The average Bonchev–Trinajstić information content (AvgIpc) is 2.89. The number of aryl methyl sites for hydroxylation is 2. The quantitative estimate of drug-likeness (QED) is 0.692. The minimum Gasteiger partial charge on any atom is -0.423 e. The van der Waals surface area contributed by atoms with Crippen molar-refractivity contribution in [1.29, 1.82) is 0 Å². The van der Waals surface area contributed by atoms with E-state index < -0.39 is 7.12 Å². The van der Waals surface area contributed by atoms with Gasteiger partial charge in [-0.3, -0.25) is 0 Å². The molecule has 0 aliphatic carbocycles. The van der Waals surface area contributed by atoms with Gasteiger partial charge < -0.3 is 20.3 Å². The molecule has 2 aromatic rings. The normalized spacial score (nSPS) is 16.1. The van der Waals surface area contributed by atoms with Crippen LogP contribution in [0.3, 0.4) is 0 Å². The van der Waals surface area contributed by atoms with Crippen molar-refractivity contribution < 1.29 is 9.68 Å². The summed E-state index contributed by atoms with van der Waals surface area (Å²) in [7, 11) is -0.847. The summed E-state index contributed by atoms with van der Waals surface area (Å²) >= 11 is 0. The van der Waals surface area contributed by atoms with Gasteiger partial charge in [0.25, 0.3) is 0 Å². The molecule has 7 heteroatoms. The largest absolute Gasteiger partial charge is 0.492 e. The second-order valence-corrected chi connectivity index (χ2v) is 6.93. The molecule has 0 spiro atoms. The molecule has 0 radical (unpaired) electrons. The predicted molar refractivity (Wildman–Crippen MR) is 106 cm³/mol. The third-order valence-electron chi connectivity index (χ3n) is 4.99. The van der Waals surface area contributed by atoms with Crippen LogP contribution in [0.4, 0.5) is 17.5 Å². The summed E-state index contributed by atoms with van der Waals surface area (Å²) in [6.07, 6.45) is 3.79. The molecule has 2 heterocycles. The van der Waals surface area contributed by atoms with E-state index in [0.717, 1.165) is 46.5 Å². The Balaban J connectivity index is 1.86. The van der Waals surface area contributed by atoms with E-state index in [0.29, 0.717) is 12.0 Å². The van der Waals surface area contributed by atoms with Crippen LogP contribution in [-0.2, 0) is 4.65 Å². The second kappa shape index (κ2) is 7.64. The topological polar surface area (TPSA) is 79.3 Å². The molecule has 26 heavy (non-hydrogen) atoms. The maximum Gasteiger partial charge on any atom is 0.492 e. The summed E-state index contributed by atoms with van der Waals surface area (Å²) < 4.78 is 5.51. The van der Waals surface area contributed by atoms with Gasteiger partial charge in [0.2, 0.25) is 5.95 Å². The summed E-state index contributed by atoms with van der Waals surface area (Å²) in [5.74, 6) is 1.41. The van der Waals surface area contributed by atoms with Crippen LogP contribution in [0, 0.1) is 13.8 Å². The Labute approximate surface area is 155 Å². The fourth-order valence-electron chi connectivity index (χ4n) is 3.37. The van der Waals surface area contributed by atoms with Crippen LogP contribution in [0.2, 0.25) is 0 Å². The van der Waals surface area contributed by atoms with Crippen LogP contribution in [0.5, 0.6) is 0 Å². The lowest BCUT2D eigenvalue weighted by molar-refractivity contribution is 0.209. The molecule has 1 aliphatic rings. The zero-order valence-electron chi connectivity index (χ0n) is 16.1. The van der Waals surface area contributed by atoms with Crippen LogP contribution < -0.4 is 16.1 Å². The van der Waals surface area contributed by atoms with Gasteiger partial charge in [0.1, 0.15) is 5.82 Å².